The van der Waals surface area contributed by atoms with Crippen LogP contribution >= 0.6 is 0 Å². The minimum Gasteiger partial charge on any atom is -0.486 e. The topological polar surface area (TPSA) is 64.6 Å². The van der Waals surface area contributed by atoms with Crippen LogP contribution in [0.25, 0.3) is 0 Å². The quantitative estimate of drug-likeness (QED) is 0.826. The van der Waals surface area contributed by atoms with E-state index in [-0.39, 0.29) is 24.2 Å². The van der Waals surface area contributed by atoms with E-state index in [1.54, 1.807) is 18.2 Å². The third kappa shape index (κ3) is 2.70. The number of benzene rings is 1. The van der Waals surface area contributed by atoms with Crippen LogP contribution in [0.5, 0.6) is 11.5 Å². The summed E-state index contributed by atoms with van der Waals surface area (Å²) in [6.07, 6.45) is 1.87. The highest BCUT2D eigenvalue weighted by Crippen LogP contribution is 2.31. The van der Waals surface area contributed by atoms with Crippen molar-refractivity contribution in [2.24, 2.45) is 5.92 Å². The fraction of sp³-hybridized carbons (Fsp3) is 0.429. The molecule has 1 N–H and O–H groups in total. The van der Waals surface area contributed by atoms with Gasteiger partial charge in [0.05, 0.1) is 6.54 Å². The smallest absolute Gasteiger partial charge is 0.223 e. The van der Waals surface area contributed by atoms with Gasteiger partial charge in [0, 0.05) is 11.5 Å². The zero-order valence-corrected chi connectivity index (χ0v) is 10.5. The molecule has 100 valence electrons. The molecule has 1 fully saturated rings. The Labute approximate surface area is 110 Å². The predicted octanol–water partition coefficient (Wildman–Crippen LogP) is 1.17. The van der Waals surface area contributed by atoms with E-state index in [9.17, 15) is 9.59 Å². The number of ether oxygens (including phenoxy) is 2. The lowest BCUT2D eigenvalue weighted by Crippen LogP contribution is -2.30. The summed E-state index contributed by atoms with van der Waals surface area (Å²) in [5.74, 6) is 1.22. The predicted molar refractivity (Wildman–Crippen MR) is 67.5 cm³/mol. The van der Waals surface area contributed by atoms with Gasteiger partial charge in [-0.05, 0) is 31.0 Å². The van der Waals surface area contributed by atoms with Gasteiger partial charge >= 0.3 is 0 Å². The van der Waals surface area contributed by atoms with Crippen LogP contribution in [-0.4, -0.2) is 31.4 Å². The van der Waals surface area contributed by atoms with Crippen molar-refractivity contribution in [2.45, 2.75) is 12.8 Å². The number of carbonyl (C=O) groups excluding carboxylic acids is 2. The van der Waals surface area contributed by atoms with E-state index in [1.807, 2.05) is 0 Å². The molecule has 0 unspecified atom stereocenters. The van der Waals surface area contributed by atoms with Gasteiger partial charge in [0.1, 0.15) is 13.2 Å². The highest BCUT2D eigenvalue weighted by molar-refractivity contribution is 6.00. The van der Waals surface area contributed by atoms with E-state index in [1.165, 1.54) is 0 Å². The number of nitrogens with one attached hydrogen (secondary N) is 1. The second kappa shape index (κ2) is 4.91. The van der Waals surface area contributed by atoms with Crippen LogP contribution in [0, 0.1) is 5.92 Å². The van der Waals surface area contributed by atoms with Gasteiger partial charge in [-0.25, -0.2) is 0 Å². The number of hydrogen-bond acceptors (Lipinski definition) is 4. The van der Waals surface area contributed by atoms with Crippen LogP contribution in [0.3, 0.4) is 0 Å². The van der Waals surface area contributed by atoms with Crippen molar-refractivity contribution >= 4 is 11.7 Å². The van der Waals surface area contributed by atoms with Gasteiger partial charge in [0.2, 0.25) is 5.91 Å². The Kier molecular flexibility index (Phi) is 3.11. The molecule has 1 amide bonds. The molecule has 5 nitrogen and oxygen atoms in total. The molecule has 1 aliphatic carbocycles. The van der Waals surface area contributed by atoms with Gasteiger partial charge in [-0.3, -0.25) is 9.59 Å². The molecule has 0 radical (unpaired) electrons. The molecule has 1 heterocycles. The molecule has 3 rings (SSSR count). The Morgan fingerprint density at radius 1 is 1.16 bits per heavy atom. The first-order valence-electron chi connectivity index (χ1n) is 6.44. The maximum Gasteiger partial charge on any atom is 0.223 e. The van der Waals surface area contributed by atoms with Crippen molar-refractivity contribution in [3.8, 4) is 11.5 Å². The second-order valence-corrected chi connectivity index (χ2v) is 4.77. The number of ketones is 1. The Morgan fingerprint density at radius 2 is 1.89 bits per heavy atom. The van der Waals surface area contributed by atoms with Crippen molar-refractivity contribution in [1.29, 1.82) is 0 Å². The van der Waals surface area contributed by atoms with Crippen molar-refractivity contribution < 1.29 is 19.1 Å². The summed E-state index contributed by atoms with van der Waals surface area (Å²) in [6.45, 7) is 1.05. The highest BCUT2D eigenvalue weighted by Gasteiger charge is 2.29. The molecule has 1 saturated carbocycles. The number of fused-ring (bicyclic) bond motifs is 1. The molecule has 1 aliphatic heterocycles. The Balaban J connectivity index is 1.64. The molecule has 0 saturated heterocycles. The van der Waals surface area contributed by atoms with E-state index >= 15 is 0 Å². The third-order valence-corrected chi connectivity index (χ3v) is 3.24. The summed E-state index contributed by atoms with van der Waals surface area (Å²) in [4.78, 5) is 23.4. The van der Waals surface area contributed by atoms with Crippen LogP contribution in [0.1, 0.15) is 23.2 Å². The molecule has 2 aliphatic rings. The molecular weight excluding hydrogens is 246 g/mol. The largest absolute Gasteiger partial charge is 0.486 e. The zero-order valence-electron chi connectivity index (χ0n) is 10.5. The highest BCUT2D eigenvalue weighted by atomic mass is 16.6. The summed E-state index contributed by atoms with van der Waals surface area (Å²) in [6, 6.07) is 5.09. The lowest BCUT2D eigenvalue weighted by Gasteiger charge is -2.18. The van der Waals surface area contributed by atoms with Crippen LogP contribution in [-0.2, 0) is 4.79 Å². The zero-order chi connectivity index (χ0) is 13.2. The summed E-state index contributed by atoms with van der Waals surface area (Å²) >= 11 is 0. The number of rotatable bonds is 4. The number of carbonyl (C=O) groups is 2. The molecule has 1 aromatic rings. The van der Waals surface area contributed by atoms with Gasteiger partial charge in [-0.15, -0.1) is 0 Å². The monoisotopic (exact) mass is 261 g/mol. The Bertz CT molecular complexity index is 522. The van der Waals surface area contributed by atoms with Gasteiger partial charge in [-0.1, -0.05) is 0 Å². The maximum absolute atomic E-state index is 12.0. The van der Waals surface area contributed by atoms with E-state index in [4.69, 9.17) is 9.47 Å². The maximum atomic E-state index is 12.0. The number of hydrogen-bond donors (Lipinski definition) is 1. The fourth-order valence-corrected chi connectivity index (χ4v) is 1.98. The second-order valence-electron chi connectivity index (χ2n) is 4.77. The van der Waals surface area contributed by atoms with Gasteiger partial charge in [-0.2, -0.15) is 0 Å². The average molecular weight is 261 g/mol. The summed E-state index contributed by atoms with van der Waals surface area (Å²) < 4.78 is 10.8. The lowest BCUT2D eigenvalue weighted by molar-refractivity contribution is -0.122. The van der Waals surface area contributed by atoms with E-state index in [0.29, 0.717) is 30.3 Å². The number of amides is 1. The van der Waals surface area contributed by atoms with Crippen LogP contribution < -0.4 is 14.8 Å². The molecule has 1 aromatic carbocycles. The molecule has 19 heavy (non-hydrogen) atoms. The third-order valence-electron chi connectivity index (χ3n) is 3.24. The lowest BCUT2D eigenvalue weighted by atomic mass is 10.1. The first-order valence-corrected chi connectivity index (χ1v) is 6.44. The first-order chi connectivity index (χ1) is 9.24. The van der Waals surface area contributed by atoms with Crippen molar-refractivity contribution in [3.63, 3.8) is 0 Å². The summed E-state index contributed by atoms with van der Waals surface area (Å²) in [5, 5.41) is 2.66. The summed E-state index contributed by atoms with van der Waals surface area (Å²) in [7, 11) is 0. The van der Waals surface area contributed by atoms with E-state index in [2.05, 4.69) is 5.32 Å². The van der Waals surface area contributed by atoms with Crippen LogP contribution in [0.2, 0.25) is 0 Å². The van der Waals surface area contributed by atoms with Crippen LogP contribution in [0.15, 0.2) is 18.2 Å². The number of Topliss-reactive ketones (excluding diaryl/α,β-unsaturated/α-hetero) is 1. The van der Waals surface area contributed by atoms with Crippen LogP contribution in [0.4, 0.5) is 0 Å². The van der Waals surface area contributed by atoms with Crippen molar-refractivity contribution in [2.75, 3.05) is 19.8 Å². The Morgan fingerprint density at radius 3 is 2.63 bits per heavy atom. The molecule has 0 bridgehead atoms. The minimum atomic E-state index is -0.119. The molecule has 0 aromatic heterocycles. The van der Waals surface area contributed by atoms with Gasteiger partial charge in [0.25, 0.3) is 0 Å². The molecular formula is C14H15NO4. The molecule has 0 atom stereocenters. The van der Waals surface area contributed by atoms with Crippen molar-refractivity contribution in [1.82, 2.24) is 5.32 Å². The minimum absolute atomic E-state index is 0.0223. The molecule has 0 spiro atoms. The van der Waals surface area contributed by atoms with E-state index in [0.717, 1.165) is 12.8 Å². The normalized spacial score (nSPS) is 16.8. The van der Waals surface area contributed by atoms with Gasteiger partial charge in [0.15, 0.2) is 17.3 Å². The average Bonchev–Trinajstić information content (AvgIpc) is 3.28. The Hall–Kier alpha value is -2.04. The standard InChI is InChI=1S/C14H15NO4/c16-11(8-15-14(17)9-1-2-9)10-3-4-12-13(7-10)19-6-5-18-12/h3-4,7,9H,1-2,5-6,8H2,(H,15,17). The van der Waals surface area contributed by atoms with Gasteiger partial charge < -0.3 is 14.8 Å². The molecule has 5 heteroatoms. The summed E-state index contributed by atoms with van der Waals surface area (Å²) in [5.41, 5.74) is 0.528. The SMILES string of the molecule is O=C(CNC(=O)C1CC1)c1ccc2c(c1)OCCO2. The van der Waals surface area contributed by atoms with Crippen molar-refractivity contribution in [3.05, 3.63) is 23.8 Å². The fourth-order valence-electron chi connectivity index (χ4n) is 1.98. The first kappa shape index (κ1) is 12.0. The van der Waals surface area contributed by atoms with E-state index < -0.39 is 0 Å².